The Morgan fingerprint density at radius 3 is 2.92 bits per heavy atom. The molecule has 1 aromatic rings. The molecule has 1 atom stereocenters. The molecule has 4 heteroatoms. The lowest BCUT2D eigenvalue weighted by atomic mass is 10.3. The molecule has 0 bridgehead atoms. The first-order valence-corrected chi connectivity index (χ1v) is 5.42. The molecule has 0 saturated carbocycles. The molecule has 2 nitrogen and oxygen atoms in total. The summed E-state index contributed by atoms with van der Waals surface area (Å²) in [6.45, 7) is 2.98. The quantitative estimate of drug-likeness (QED) is 0.856. The van der Waals surface area contributed by atoms with Crippen molar-refractivity contribution in [2.45, 2.75) is 19.5 Å². The minimum atomic E-state index is 0.172. The third-order valence-electron chi connectivity index (χ3n) is 1.53. The number of aliphatic hydroxyl groups is 1. The van der Waals surface area contributed by atoms with Crippen molar-refractivity contribution >= 4 is 27.3 Å². The lowest BCUT2D eigenvalue weighted by Crippen LogP contribution is -2.28. The van der Waals surface area contributed by atoms with Gasteiger partial charge < -0.3 is 10.4 Å². The van der Waals surface area contributed by atoms with Crippen LogP contribution in [-0.4, -0.2) is 17.8 Å². The lowest BCUT2D eigenvalue weighted by Gasteiger charge is -2.08. The number of rotatable bonds is 4. The third-order valence-corrected chi connectivity index (χ3v) is 3.15. The van der Waals surface area contributed by atoms with Crippen LogP contribution in [0.15, 0.2) is 15.9 Å². The Kier molecular flexibility index (Phi) is 4.21. The molecular formula is C8H12BrNOS. The number of nitrogens with one attached hydrogen (secondary N) is 1. The van der Waals surface area contributed by atoms with Crippen LogP contribution in [0.25, 0.3) is 0 Å². The molecule has 0 radical (unpaired) electrons. The van der Waals surface area contributed by atoms with E-state index in [-0.39, 0.29) is 12.6 Å². The van der Waals surface area contributed by atoms with Crippen LogP contribution < -0.4 is 5.32 Å². The maximum absolute atomic E-state index is 8.75. The predicted molar refractivity (Wildman–Crippen MR) is 55.4 cm³/mol. The summed E-state index contributed by atoms with van der Waals surface area (Å²) in [5.41, 5.74) is 0. The zero-order chi connectivity index (χ0) is 8.97. The van der Waals surface area contributed by atoms with Gasteiger partial charge in [0, 0.05) is 17.5 Å². The fraction of sp³-hybridized carbons (Fsp3) is 0.500. The van der Waals surface area contributed by atoms with E-state index in [1.54, 1.807) is 11.3 Å². The number of halogens is 1. The van der Waals surface area contributed by atoms with Crippen LogP contribution in [0.3, 0.4) is 0 Å². The first-order chi connectivity index (χ1) is 5.72. The maximum Gasteiger partial charge on any atom is 0.0701 e. The highest BCUT2D eigenvalue weighted by Gasteiger charge is 2.00. The number of hydrogen-bond donors (Lipinski definition) is 2. The second-order valence-electron chi connectivity index (χ2n) is 2.67. The Labute approximate surface area is 84.7 Å². The Bertz CT molecular complexity index is 239. The van der Waals surface area contributed by atoms with E-state index in [2.05, 4.69) is 27.3 Å². The SMILES string of the molecule is CC(CO)NCc1ccc(Br)s1. The van der Waals surface area contributed by atoms with Crippen LogP contribution in [0.2, 0.25) is 0 Å². The van der Waals surface area contributed by atoms with E-state index in [1.165, 1.54) is 4.88 Å². The third kappa shape index (κ3) is 3.23. The summed E-state index contributed by atoms with van der Waals surface area (Å²) in [5, 5.41) is 12.0. The molecule has 68 valence electrons. The van der Waals surface area contributed by atoms with Crippen LogP contribution in [-0.2, 0) is 6.54 Å². The molecule has 1 unspecified atom stereocenters. The molecule has 1 aromatic heterocycles. The van der Waals surface area contributed by atoms with E-state index in [9.17, 15) is 0 Å². The summed E-state index contributed by atoms with van der Waals surface area (Å²) in [5.74, 6) is 0. The topological polar surface area (TPSA) is 32.3 Å². The van der Waals surface area contributed by atoms with Gasteiger partial charge in [0.2, 0.25) is 0 Å². The highest BCUT2D eigenvalue weighted by Crippen LogP contribution is 2.21. The minimum Gasteiger partial charge on any atom is -0.395 e. The fourth-order valence-electron chi connectivity index (χ4n) is 0.786. The summed E-state index contributed by atoms with van der Waals surface area (Å²) in [6, 6.07) is 4.28. The maximum atomic E-state index is 8.75. The van der Waals surface area contributed by atoms with Crippen molar-refractivity contribution in [3.05, 3.63) is 20.8 Å². The van der Waals surface area contributed by atoms with E-state index < -0.39 is 0 Å². The van der Waals surface area contributed by atoms with Crippen molar-refractivity contribution < 1.29 is 5.11 Å². The van der Waals surface area contributed by atoms with Gasteiger partial charge in [0.05, 0.1) is 10.4 Å². The summed E-state index contributed by atoms with van der Waals surface area (Å²) in [4.78, 5) is 1.28. The van der Waals surface area contributed by atoms with Crippen molar-refractivity contribution in [1.29, 1.82) is 0 Å². The number of hydrogen-bond acceptors (Lipinski definition) is 3. The van der Waals surface area contributed by atoms with Crippen molar-refractivity contribution in [2.75, 3.05) is 6.61 Å². The Morgan fingerprint density at radius 1 is 1.67 bits per heavy atom. The van der Waals surface area contributed by atoms with Crippen molar-refractivity contribution in [1.82, 2.24) is 5.32 Å². The zero-order valence-electron chi connectivity index (χ0n) is 6.88. The van der Waals surface area contributed by atoms with Gasteiger partial charge in [-0.2, -0.15) is 0 Å². The molecule has 0 aliphatic heterocycles. The monoisotopic (exact) mass is 249 g/mol. The van der Waals surface area contributed by atoms with Gasteiger partial charge in [-0.05, 0) is 35.0 Å². The molecule has 0 amide bonds. The van der Waals surface area contributed by atoms with E-state index >= 15 is 0 Å². The molecule has 0 fully saturated rings. The first kappa shape index (κ1) is 10.2. The standard InChI is InChI=1S/C8H12BrNOS/c1-6(5-11)10-4-7-2-3-8(9)12-7/h2-3,6,10-11H,4-5H2,1H3. The molecule has 0 spiro atoms. The van der Waals surface area contributed by atoms with E-state index in [0.29, 0.717) is 0 Å². The molecule has 0 aromatic carbocycles. The lowest BCUT2D eigenvalue weighted by molar-refractivity contribution is 0.251. The number of aliphatic hydroxyl groups excluding tert-OH is 1. The van der Waals surface area contributed by atoms with E-state index in [0.717, 1.165) is 10.3 Å². The molecule has 0 aliphatic carbocycles. The summed E-state index contributed by atoms with van der Waals surface area (Å²) < 4.78 is 1.15. The smallest absolute Gasteiger partial charge is 0.0701 e. The molecule has 0 saturated heterocycles. The molecule has 2 N–H and O–H groups in total. The average Bonchev–Trinajstić information content (AvgIpc) is 2.47. The highest BCUT2D eigenvalue weighted by molar-refractivity contribution is 9.11. The fourth-order valence-corrected chi connectivity index (χ4v) is 2.22. The molecular weight excluding hydrogens is 238 g/mol. The number of thiophene rings is 1. The van der Waals surface area contributed by atoms with Crippen molar-refractivity contribution in [3.8, 4) is 0 Å². The van der Waals surface area contributed by atoms with Gasteiger partial charge in [-0.1, -0.05) is 0 Å². The van der Waals surface area contributed by atoms with Gasteiger partial charge in [0.15, 0.2) is 0 Å². The second-order valence-corrected chi connectivity index (χ2v) is 5.22. The Hall–Kier alpha value is 0.1000. The zero-order valence-corrected chi connectivity index (χ0v) is 9.28. The second kappa shape index (κ2) is 4.97. The van der Waals surface area contributed by atoms with Crippen LogP contribution in [0.4, 0.5) is 0 Å². The van der Waals surface area contributed by atoms with Crippen LogP contribution in [0.5, 0.6) is 0 Å². The average molecular weight is 250 g/mol. The van der Waals surface area contributed by atoms with Crippen molar-refractivity contribution in [3.63, 3.8) is 0 Å². The summed E-state index contributed by atoms with van der Waals surface area (Å²) >= 11 is 5.11. The van der Waals surface area contributed by atoms with Gasteiger partial charge in [0.1, 0.15) is 0 Å². The van der Waals surface area contributed by atoms with Gasteiger partial charge in [-0.3, -0.25) is 0 Å². The molecule has 12 heavy (non-hydrogen) atoms. The van der Waals surface area contributed by atoms with Gasteiger partial charge in [0.25, 0.3) is 0 Å². The highest BCUT2D eigenvalue weighted by atomic mass is 79.9. The van der Waals surface area contributed by atoms with Gasteiger partial charge in [-0.15, -0.1) is 11.3 Å². The molecule has 1 rings (SSSR count). The first-order valence-electron chi connectivity index (χ1n) is 3.81. The van der Waals surface area contributed by atoms with Crippen molar-refractivity contribution in [2.24, 2.45) is 0 Å². The molecule has 0 aliphatic rings. The summed E-state index contributed by atoms with van der Waals surface area (Å²) in [6.07, 6.45) is 0. The normalized spacial score (nSPS) is 13.2. The molecule has 1 heterocycles. The Balaban J connectivity index is 2.33. The van der Waals surface area contributed by atoms with Crippen LogP contribution >= 0.6 is 27.3 Å². The van der Waals surface area contributed by atoms with E-state index in [1.807, 2.05) is 13.0 Å². The van der Waals surface area contributed by atoms with Gasteiger partial charge in [-0.25, -0.2) is 0 Å². The van der Waals surface area contributed by atoms with Crippen LogP contribution in [0.1, 0.15) is 11.8 Å². The Morgan fingerprint density at radius 2 is 2.42 bits per heavy atom. The van der Waals surface area contributed by atoms with E-state index in [4.69, 9.17) is 5.11 Å². The summed E-state index contributed by atoms with van der Waals surface area (Å²) in [7, 11) is 0. The predicted octanol–water partition coefficient (Wildman–Crippen LogP) is 1.98. The van der Waals surface area contributed by atoms with Gasteiger partial charge >= 0.3 is 0 Å². The minimum absolute atomic E-state index is 0.172. The van der Waals surface area contributed by atoms with Crippen LogP contribution in [0, 0.1) is 0 Å². The largest absolute Gasteiger partial charge is 0.395 e.